The lowest BCUT2D eigenvalue weighted by molar-refractivity contribution is 0.200. The summed E-state index contributed by atoms with van der Waals surface area (Å²) in [6.07, 6.45) is 1.85. The quantitative estimate of drug-likeness (QED) is 0.830. The van der Waals surface area contributed by atoms with E-state index in [1.807, 2.05) is 30.3 Å². The van der Waals surface area contributed by atoms with E-state index in [4.69, 9.17) is 16.3 Å². The number of thioether (sulfide) groups is 1. The van der Waals surface area contributed by atoms with Crippen LogP contribution in [0, 0.1) is 0 Å². The topological polar surface area (TPSA) is 42.4 Å². The number of hydrogen-bond acceptors (Lipinski definition) is 4. The Kier molecular flexibility index (Phi) is 5.71. The molecule has 0 spiro atoms. The summed E-state index contributed by atoms with van der Waals surface area (Å²) in [7, 11) is 1.58. The molecular weight excluding hydrogens is 294 g/mol. The van der Waals surface area contributed by atoms with Crippen molar-refractivity contribution in [3.05, 3.63) is 53.2 Å². The Balaban J connectivity index is 1.86. The number of benzene rings is 1. The highest BCUT2D eigenvalue weighted by molar-refractivity contribution is 7.99. The van der Waals surface area contributed by atoms with Gasteiger partial charge in [-0.15, -0.1) is 11.8 Å². The van der Waals surface area contributed by atoms with Gasteiger partial charge in [-0.3, -0.25) is 0 Å². The molecule has 1 unspecified atom stereocenters. The maximum Gasteiger partial charge on any atom is 0.212 e. The van der Waals surface area contributed by atoms with Gasteiger partial charge in [0.25, 0.3) is 0 Å². The van der Waals surface area contributed by atoms with Crippen LogP contribution < -0.4 is 4.74 Å². The first-order valence-corrected chi connectivity index (χ1v) is 7.59. The molecule has 1 aromatic heterocycles. The number of halogens is 1. The van der Waals surface area contributed by atoms with E-state index in [0.717, 1.165) is 15.5 Å². The van der Waals surface area contributed by atoms with Crippen LogP contribution in [0.3, 0.4) is 0 Å². The normalized spacial score (nSPS) is 12.2. The van der Waals surface area contributed by atoms with Crippen molar-refractivity contribution in [1.29, 1.82) is 0 Å². The molecule has 0 bridgehead atoms. The van der Waals surface area contributed by atoms with E-state index in [-0.39, 0.29) is 0 Å². The van der Waals surface area contributed by atoms with Crippen LogP contribution >= 0.6 is 23.4 Å². The lowest BCUT2D eigenvalue weighted by Crippen LogP contribution is -2.13. The van der Waals surface area contributed by atoms with E-state index >= 15 is 0 Å². The molecular formula is C15H16ClNO2S. The predicted octanol–water partition coefficient (Wildman–Crippen LogP) is 3.44. The number of pyridine rings is 1. The minimum Gasteiger partial charge on any atom is -0.481 e. The maximum atomic E-state index is 10.1. The van der Waals surface area contributed by atoms with Gasteiger partial charge < -0.3 is 9.84 Å². The monoisotopic (exact) mass is 309 g/mol. The summed E-state index contributed by atoms with van der Waals surface area (Å²) in [5.41, 5.74) is 0.984. The van der Waals surface area contributed by atoms with Crippen LogP contribution in [0.5, 0.6) is 5.88 Å². The summed E-state index contributed by atoms with van der Waals surface area (Å²) in [5.74, 6) is 1.17. The third kappa shape index (κ3) is 4.40. The lowest BCUT2D eigenvalue weighted by Gasteiger charge is -2.11. The van der Waals surface area contributed by atoms with Gasteiger partial charge in [-0.1, -0.05) is 29.8 Å². The van der Waals surface area contributed by atoms with Crippen molar-refractivity contribution in [3.8, 4) is 5.88 Å². The summed E-state index contributed by atoms with van der Waals surface area (Å²) < 4.78 is 5.00. The summed E-state index contributed by atoms with van der Waals surface area (Å²) >= 11 is 7.63. The van der Waals surface area contributed by atoms with Crippen molar-refractivity contribution in [3.63, 3.8) is 0 Å². The number of nitrogens with zero attached hydrogens (tertiary/aromatic N) is 1. The molecule has 0 amide bonds. The number of ether oxygens (including phenoxy) is 1. The van der Waals surface area contributed by atoms with E-state index in [9.17, 15) is 5.11 Å². The Morgan fingerprint density at radius 1 is 1.30 bits per heavy atom. The number of hydrogen-bond donors (Lipinski definition) is 1. The second-order valence-electron chi connectivity index (χ2n) is 4.31. The molecule has 0 saturated carbocycles. The number of aliphatic hydroxyl groups is 1. The lowest BCUT2D eigenvalue weighted by atomic mass is 10.1. The highest BCUT2D eigenvalue weighted by Crippen LogP contribution is 2.27. The third-order valence-electron chi connectivity index (χ3n) is 2.75. The van der Waals surface area contributed by atoms with E-state index in [1.165, 1.54) is 0 Å². The molecule has 1 aromatic carbocycles. The summed E-state index contributed by atoms with van der Waals surface area (Å²) in [6, 6.07) is 11.3. The van der Waals surface area contributed by atoms with Gasteiger partial charge in [0.05, 0.1) is 18.2 Å². The van der Waals surface area contributed by atoms with Gasteiger partial charge in [0.2, 0.25) is 5.88 Å². The van der Waals surface area contributed by atoms with Gasteiger partial charge in [-0.05, 0) is 17.7 Å². The Labute approximate surface area is 128 Å². The fourth-order valence-corrected chi connectivity index (χ4v) is 2.90. The van der Waals surface area contributed by atoms with Gasteiger partial charge >= 0.3 is 0 Å². The maximum absolute atomic E-state index is 10.1. The van der Waals surface area contributed by atoms with Crippen LogP contribution in [-0.2, 0) is 6.42 Å². The zero-order valence-electron chi connectivity index (χ0n) is 11.1. The first-order chi connectivity index (χ1) is 9.69. The number of aliphatic hydroxyl groups excluding tert-OH is 1. The average Bonchev–Trinajstić information content (AvgIpc) is 2.47. The Hall–Kier alpha value is -1.23. The zero-order chi connectivity index (χ0) is 14.4. The van der Waals surface area contributed by atoms with Gasteiger partial charge in [0.15, 0.2) is 0 Å². The fourth-order valence-electron chi connectivity index (χ4n) is 1.73. The van der Waals surface area contributed by atoms with E-state index < -0.39 is 6.10 Å². The minimum atomic E-state index is -0.438. The molecule has 2 aromatic rings. The molecule has 1 heterocycles. The highest BCUT2D eigenvalue weighted by atomic mass is 35.5. The van der Waals surface area contributed by atoms with Crippen molar-refractivity contribution in [2.75, 3.05) is 12.9 Å². The predicted molar refractivity (Wildman–Crippen MR) is 82.7 cm³/mol. The molecule has 20 heavy (non-hydrogen) atoms. The summed E-state index contributed by atoms with van der Waals surface area (Å²) in [5, 5.41) is 10.8. The van der Waals surface area contributed by atoms with Crippen LogP contribution in [-0.4, -0.2) is 29.1 Å². The highest BCUT2D eigenvalue weighted by Gasteiger charge is 2.08. The van der Waals surface area contributed by atoms with Crippen molar-refractivity contribution in [1.82, 2.24) is 4.98 Å². The molecule has 0 aliphatic carbocycles. The largest absolute Gasteiger partial charge is 0.481 e. The second kappa shape index (κ2) is 7.53. The van der Waals surface area contributed by atoms with Gasteiger partial charge in [0.1, 0.15) is 0 Å². The molecule has 5 heteroatoms. The van der Waals surface area contributed by atoms with E-state index in [2.05, 4.69) is 4.98 Å². The molecule has 0 saturated heterocycles. The number of methoxy groups -OCH3 is 1. The van der Waals surface area contributed by atoms with Crippen molar-refractivity contribution < 1.29 is 9.84 Å². The van der Waals surface area contributed by atoms with Crippen LogP contribution in [0.1, 0.15) is 5.56 Å². The molecule has 1 N–H and O–H groups in total. The van der Waals surface area contributed by atoms with Gasteiger partial charge in [-0.25, -0.2) is 4.98 Å². The van der Waals surface area contributed by atoms with Crippen molar-refractivity contribution in [2.45, 2.75) is 17.4 Å². The third-order valence-corrected chi connectivity index (χ3v) is 4.41. The molecule has 0 fully saturated rings. The SMILES string of the molecule is COc1ccc(CC(O)CSc2ccccc2Cl)cn1. The Bertz CT molecular complexity index is 548. The first-order valence-electron chi connectivity index (χ1n) is 6.23. The van der Waals surface area contributed by atoms with Crippen molar-refractivity contribution in [2.24, 2.45) is 0 Å². The molecule has 106 valence electrons. The van der Waals surface area contributed by atoms with Gasteiger partial charge in [0, 0.05) is 29.3 Å². The summed E-state index contributed by atoms with van der Waals surface area (Å²) in [4.78, 5) is 5.11. The molecule has 0 aliphatic heterocycles. The smallest absolute Gasteiger partial charge is 0.212 e. The first kappa shape index (κ1) is 15.2. The second-order valence-corrected chi connectivity index (χ2v) is 5.78. The summed E-state index contributed by atoms with van der Waals surface area (Å²) in [6.45, 7) is 0. The average molecular weight is 310 g/mol. The van der Waals surface area contributed by atoms with Crippen LogP contribution in [0.15, 0.2) is 47.5 Å². The van der Waals surface area contributed by atoms with E-state index in [0.29, 0.717) is 18.1 Å². The standard InChI is InChI=1S/C15H16ClNO2S/c1-19-15-7-6-11(9-17-15)8-12(18)10-20-14-5-3-2-4-13(14)16/h2-7,9,12,18H,8,10H2,1H3. The minimum absolute atomic E-state index is 0.438. The van der Waals surface area contributed by atoms with Crippen LogP contribution in [0.2, 0.25) is 5.02 Å². The Morgan fingerprint density at radius 2 is 2.10 bits per heavy atom. The van der Waals surface area contributed by atoms with Crippen LogP contribution in [0.25, 0.3) is 0 Å². The van der Waals surface area contributed by atoms with Crippen molar-refractivity contribution >= 4 is 23.4 Å². The Morgan fingerprint density at radius 3 is 2.75 bits per heavy atom. The number of rotatable bonds is 6. The molecule has 3 nitrogen and oxygen atoms in total. The zero-order valence-corrected chi connectivity index (χ0v) is 12.7. The molecule has 0 radical (unpaired) electrons. The van der Waals surface area contributed by atoms with E-state index in [1.54, 1.807) is 31.1 Å². The number of aromatic nitrogens is 1. The fraction of sp³-hybridized carbons (Fsp3) is 0.267. The molecule has 1 atom stereocenters. The van der Waals surface area contributed by atoms with Crippen LogP contribution in [0.4, 0.5) is 0 Å². The van der Waals surface area contributed by atoms with Gasteiger partial charge in [-0.2, -0.15) is 0 Å². The molecule has 2 rings (SSSR count). The molecule has 0 aliphatic rings.